The van der Waals surface area contributed by atoms with Gasteiger partial charge >= 0.3 is 0 Å². The summed E-state index contributed by atoms with van der Waals surface area (Å²) in [6.07, 6.45) is 5.10. The minimum Gasteiger partial charge on any atom is -0.397 e. The van der Waals surface area contributed by atoms with Crippen LogP contribution in [0.4, 0.5) is 5.69 Å². The van der Waals surface area contributed by atoms with Gasteiger partial charge in [0.2, 0.25) is 0 Å². The lowest BCUT2D eigenvalue weighted by molar-refractivity contribution is 1.09. The molecule has 0 saturated carbocycles. The molecule has 0 aliphatic heterocycles. The smallest absolute Gasteiger partial charge is 0.255 e. The predicted molar refractivity (Wildman–Crippen MR) is 58.4 cm³/mol. The summed E-state index contributed by atoms with van der Waals surface area (Å²) in [7, 11) is 0. The van der Waals surface area contributed by atoms with Crippen molar-refractivity contribution in [2.75, 3.05) is 5.73 Å². The summed E-state index contributed by atoms with van der Waals surface area (Å²) >= 11 is 0. The maximum atomic E-state index is 5.58. The zero-order chi connectivity index (χ0) is 11.0. The summed E-state index contributed by atoms with van der Waals surface area (Å²) in [5.74, 6) is 1.21. The zero-order valence-corrected chi connectivity index (χ0v) is 8.28. The molecule has 78 valence electrons. The Labute approximate surface area is 90.8 Å². The van der Waals surface area contributed by atoms with Gasteiger partial charge in [-0.1, -0.05) is 0 Å². The van der Waals surface area contributed by atoms with Gasteiger partial charge in [-0.15, -0.1) is 10.2 Å². The molecule has 2 N–H and O–H groups in total. The Morgan fingerprint density at radius 3 is 2.88 bits per heavy atom. The Morgan fingerprint density at radius 1 is 1.12 bits per heavy atom. The molecule has 0 aromatic carbocycles. The lowest BCUT2D eigenvalue weighted by Crippen LogP contribution is -1.93. The van der Waals surface area contributed by atoms with E-state index in [-0.39, 0.29) is 0 Å². The standard InChI is InChI=1S/C10H8N6/c11-7-2-3-8(13-6-7)9-14-15-10-12-4-1-5-16(9)10/h1-6H,11H2. The number of nitrogen functional groups attached to an aromatic ring is 1. The van der Waals surface area contributed by atoms with E-state index in [1.54, 1.807) is 28.9 Å². The number of hydrogen-bond acceptors (Lipinski definition) is 5. The molecule has 16 heavy (non-hydrogen) atoms. The van der Waals surface area contributed by atoms with Gasteiger partial charge in [-0.2, -0.15) is 0 Å². The number of fused-ring (bicyclic) bond motifs is 1. The molecule has 0 saturated heterocycles. The second-order valence-corrected chi connectivity index (χ2v) is 3.29. The molecule has 3 aromatic rings. The highest BCUT2D eigenvalue weighted by atomic mass is 15.3. The van der Waals surface area contributed by atoms with Gasteiger partial charge in [-0.05, 0) is 18.2 Å². The highest BCUT2D eigenvalue weighted by molar-refractivity contribution is 5.55. The molecule has 6 nitrogen and oxygen atoms in total. The van der Waals surface area contributed by atoms with Crippen LogP contribution in [-0.2, 0) is 0 Å². The lowest BCUT2D eigenvalue weighted by Gasteiger charge is -1.98. The monoisotopic (exact) mass is 212 g/mol. The van der Waals surface area contributed by atoms with Crippen molar-refractivity contribution < 1.29 is 0 Å². The second kappa shape index (κ2) is 3.27. The summed E-state index contributed by atoms with van der Waals surface area (Å²) in [6, 6.07) is 5.40. The van der Waals surface area contributed by atoms with Crippen molar-refractivity contribution in [2.24, 2.45) is 0 Å². The van der Waals surface area contributed by atoms with Crippen molar-refractivity contribution in [3.63, 3.8) is 0 Å². The Hall–Kier alpha value is -2.50. The quantitative estimate of drug-likeness (QED) is 0.644. The van der Waals surface area contributed by atoms with E-state index >= 15 is 0 Å². The summed E-state index contributed by atoms with van der Waals surface area (Å²) in [5, 5.41) is 7.99. The molecule has 0 unspecified atom stereocenters. The van der Waals surface area contributed by atoms with Crippen LogP contribution in [0.15, 0.2) is 36.8 Å². The van der Waals surface area contributed by atoms with Crippen LogP contribution in [0.3, 0.4) is 0 Å². The van der Waals surface area contributed by atoms with Gasteiger partial charge in [-0.3, -0.25) is 9.38 Å². The molecule has 0 atom stereocenters. The number of pyridine rings is 1. The van der Waals surface area contributed by atoms with Crippen molar-refractivity contribution in [3.05, 3.63) is 36.8 Å². The molecule has 3 rings (SSSR count). The molecule has 0 aliphatic rings. The number of nitrogens with zero attached hydrogens (tertiary/aromatic N) is 5. The molecule has 3 heterocycles. The first kappa shape index (κ1) is 8.78. The normalized spacial score (nSPS) is 10.8. The Morgan fingerprint density at radius 2 is 2.06 bits per heavy atom. The largest absolute Gasteiger partial charge is 0.397 e. The third-order valence-electron chi connectivity index (χ3n) is 2.20. The van der Waals surface area contributed by atoms with E-state index in [4.69, 9.17) is 5.73 Å². The van der Waals surface area contributed by atoms with E-state index in [2.05, 4.69) is 20.2 Å². The third kappa shape index (κ3) is 1.28. The third-order valence-corrected chi connectivity index (χ3v) is 2.20. The Balaban J connectivity index is 2.22. The molecule has 0 bridgehead atoms. The first-order valence-electron chi connectivity index (χ1n) is 4.72. The number of nitrogens with two attached hydrogens (primary N) is 1. The maximum absolute atomic E-state index is 5.58. The van der Waals surface area contributed by atoms with Gasteiger partial charge in [0.25, 0.3) is 5.78 Å². The summed E-state index contributed by atoms with van der Waals surface area (Å²) in [4.78, 5) is 8.28. The van der Waals surface area contributed by atoms with Crippen LogP contribution in [-0.4, -0.2) is 24.6 Å². The number of aromatic nitrogens is 5. The van der Waals surface area contributed by atoms with E-state index < -0.39 is 0 Å². The average molecular weight is 212 g/mol. The topological polar surface area (TPSA) is 82.0 Å². The van der Waals surface area contributed by atoms with Crippen molar-refractivity contribution in [1.29, 1.82) is 0 Å². The van der Waals surface area contributed by atoms with Gasteiger partial charge in [0.15, 0.2) is 5.82 Å². The molecule has 0 spiro atoms. The molecular weight excluding hydrogens is 204 g/mol. The van der Waals surface area contributed by atoms with Crippen LogP contribution in [0.25, 0.3) is 17.3 Å². The zero-order valence-electron chi connectivity index (χ0n) is 8.28. The lowest BCUT2D eigenvalue weighted by atomic mass is 10.3. The van der Waals surface area contributed by atoms with E-state index in [1.807, 2.05) is 12.3 Å². The van der Waals surface area contributed by atoms with Crippen LogP contribution < -0.4 is 5.73 Å². The number of hydrogen-bond donors (Lipinski definition) is 1. The van der Waals surface area contributed by atoms with Gasteiger partial charge in [0, 0.05) is 12.4 Å². The highest BCUT2D eigenvalue weighted by Gasteiger charge is 2.08. The van der Waals surface area contributed by atoms with Gasteiger partial charge in [-0.25, -0.2) is 4.98 Å². The van der Waals surface area contributed by atoms with Gasteiger partial charge < -0.3 is 5.73 Å². The molecule has 0 aliphatic carbocycles. The Kier molecular flexibility index (Phi) is 1.79. The molecule has 3 aromatic heterocycles. The molecule has 0 radical (unpaired) electrons. The van der Waals surface area contributed by atoms with Crippen molar-refractivity contribution >= 4 is 11.5 Å². The summed E-state index contributed by atoms with van der Waals surface area (Å²) < 4.78 is 1.78. The molecule has 0 amide bonds. The van der Waals surface area contributed by atoms with E-state index in [9.17, 15) is 0 Å². The van der Waals surface area contributed by atoms with Crippen LogP contribution in [0.2, 0.25) is 0 Å². The fourth-order valence-electron chi connectivity index (χ4n) is 1.45. The van der Waals surface area contributed by atoms with E-state index in [0.29, 0.717) is 17.3 Å². The van der Waals surface area contributed by atoms with Gasteiger partial charge in [0.05, 0.1) is 11.9 Å². The van der Waals surface area contributed by atoms with Crippen molar-refractivity contribution in [2.45, 2.75) is 0 Å². The van der Waals surface area contributed by atoms with Crippen LogP contribution in [0.5, 0.6) is 0 Å². The molecular formula is C10H8N6. The predicted octanol–water partition coefficient (Wildman–Crippen LogP) is 0.768. The number of anilines is 1. The summed E-state index contributed by atoms with van der Waals surface area (Å²) in [5.41, 5.74) is 6.91. The first-order chi connectivity index (χ1) is 7.84. The highest BCUT2D eigenvalue weighted by Crippen LogP contribution is 2.15. The number of rotatable bonds is 1. The van der Waals surface area contributed by atoms with E-state index in [1.165, 1.54) is 0 Å². The maximum Gasteiger partial charge on any atom is 0.255 e. The average Bonchev–Trinajstić information content (AvgIpc) is 2.74. The van der Waals surface area contributed by atoms with Gasteiger partial charge in [0.1, 0.15) is 5.69 Å². The summed E-state index contributed by atoms with van der Waals surface area (Å²) in [6.45, 7) is 0. The fourth-order valence-corrected chi connectivity index (χ4v) is 1.45. The molecule has 0 fully saturated rings. The van der Waals surface area contributed by atoms with Crippen molar-refractivity contribution in [1.82, 2.24) is 24.6 Å². The fraction of sp³-hybridized carbons (Fsp3) is 0. The van der Waals surface area contributed by atoms with Crippen LogP contribution in [0, 0.1) is 0 Å². The first-order valence-corrected chi connectivity index (χ1v) is 4.72. The van der Waals surface area contributed by atoms with Crippen molar-refractivity contribution in [3.8, 4) is 11.5 Å². The van der Waals surface area contributed by atoms with Crippen LogP contribution in [0.1, 0.15) is 0 Å². The SMILES string of the molecule is Nc1ccc(-c2nnc3ncccn23)nc1. The Bertz CT molecular complexity index is 627. The van der Waals surface area contributed by atoms with Crippen LogP contribution >= 0.6 is 0 Å². The minimum atomic E-state index is 0.552. The minimum absolute atomic E-state index is 0.552. The second-order valence-electron chi connectivity index (χ2n) is 3.29. The van der Waals surface area contributed by atoms with E-state index in [0.717, 1.165) is 5.69 Å². The molecule has 6 heteroatoms.